The summed E-state index contributed by atoms with van der Waals surface area (Å²) in [6, 6.07) is 14.8. The number of aromatic nitrogens is 1. The van der Waals surface area contributed by atoms with Crippen molar-refractivity contribution in [3.63, 3.8) is 0 Å². The zero-order valence-electron chi connectivity index (χ0n) is 11.7. The lowest BCUT2D eigenvalue weighted by Gasteiger charge is -2.13. The first-order chi connectivity index (χ1) is 10.7. The minimum absolute atomic E-state index is 0.00489. The smallest absolute Gasteiger partial charge is 0.258 e. The fraction of sp³-hybridized carbons (Fsp3) is 0.111. The van der Waals surface area contributed by atoms with Crippen molar-refractivity contribution < 1.29 is 4.79 Å². The SMILES string of the molecule is O=C1c2ccccc2-c2c1c1ccccc1c(=O)n2CCS. The lowest BCUT2D eigenvalue weighted by atomic mass is 10.0. The van der Waals surface area contributed by atoms with Crippen LogP contribution >= 0.6 is 12.6 Å². The summed E-state index contributed by atoms with van der Waals surface area (Å²) in [6.07, 6.45) is 0. The van der Waals surface area contributed by atoms with Gasteiger partial charge in [-0.25, -0.2) is 0 Å². The molecule has 0 fully saturated rings. The van der Waals surface area contributed by atoms with Crippen molar-refractivity contribution in [1.82, 2.24) is 4.57 Å². The van der Waals surface area contributed by atoms with Crippen LogP contribution in [-0.4, -0.2) is 16.1 Å². The Kier molecular flexibility index (Phi) is 2.94. The van der Waals surface area contributed by atoms with Crippen molar-refractivity contribution in [2.45, 2.75) is 6.54 Å². The first-order valence-electron chi connectivity index (χ1n) is 7.14. The molecule has 0 saturated heterocycles. The average Bonchev–Trinajstić information content (AvgIpc) is 2.85. The number of carbonyl (C=O) groups is 1. The van der Waals surface area contributed by atoms with Gasteiger partial charge in [0.25, 0.3) is 5.56 Å². The van der Waals surface area contributed by atoms with E-state index in [1.54, 1.807) is 10.6 Å². The standard InChI is InChI=1S/C18H13NO2S/c20-17-13-7-3-2-6-12(13)16-15(17)11-5-1-4-8-14(11)18(21)19(16)9-10-22/h1-8,22H,9-10H2. The number of carbonyl (C=O) groups excluding carboxylic acids is 1. The molecule has 3 aromatic rings. The molecule has 1 aliphatic carbocycles. The van der Waals surface area contributed by atoms with Crippen LogP contribution in [0.1, 0.15) is 15.9 Å². The van der Waals surface area contributed by atoms with E-state index in [0.29, 0.717) is 28.8 Å². The van der Waals surface area contributed by atoms with E-state index in [4.69, 9.17) is 0 Å². The zero-order chi connectivity index (χ0) is 15.3. The van der Waals surface area contributed by atoms with Gasteiger partial charge in [-0.15, -0.1) is 0 Å². The Morgan fingerprint density at radius 1 is 0.864 bits per heavy atom. The van der Waals surface area contributed by atoms with Crippen LogP contribution in [0, 0.1) is 0 Å². The van der Waals surface area contributed by atoms with Gasteiger partial charge in [0, 0.05) is 34.2 Å². The third kappa shape index (κ3) is 1.64. The predicted molar refractivity (Wildman–Crippen MR) is 90.9 cm³/mol. The van der Waals surface area contributed by atoms with Gasteiger partial charge >= 0.3 is 0 Å². The van der Waals surface area contributed by atoms with Gasteiger partial charge in [0.2, 0.25) is 0 Å². The Hall–Kier alpha value is -2.33. The van der Waals surface area contributed by atoms with E-state index in [9.17, 15) is 9.59 Å². The van der Waals surface area contributed by atoms with Gasteiger partial charge in [0.1, 0.15) is 0 Å². The normalized spacial score (nSPS) is 12.5. The summed E-state index contributed by atoms with van der Waals surface area (Å²) < 4.78 is 1.69. The maximum atomic E-state index is 12.8. The van der Waals surface area contributed by atoms with E-state index >= 15 is 0 Å². The molecule has 0 amide bonds. The molecule has 1 aromatic heterocycles. The molecule has 2 aromatic carbocycles. The summed E-state index contributed by atoms with van der Waals surface area (Å²) in [5.41, 5.74) is 2.82. The van der Waals surface area contributed by atoms with Crippen LogP contribution in [0.25, 0.3) is 22.0 Å². The van der Waals surface area contributed by atoms with Crippen molar-refractivity contribution in [1.29, 1.82) is 0 Å². The van der Waals surface area contributed by atoms with Crippen molar-refractivity contribution in [3.8, 4) is 11.3 Å². The van der Waals surface area contributed by atoms with E-state index in [2.05, 4.69) is 12.6 Å². The number of hydrogen-bond acceptors (Lipinski definition) is 3. The largest absolute Gasteiger partial charge is 0.306 e. The van der Waals surface area contributed by atoms with Gasteiger partial charge in [-0.2, -0.15) is 12.6 Å². The Labute approximate surface area is 132 Å². The highest BCUT2D eigenvalue weighted by Gasteiger charge is 2.31. The van der Waals surface area contributed by atoms with E-state index < -0.39 is 0 Å². The number of rotatable bonds is 2. The van der Waals surface area contributed by atoms with Crippen LogP contribution < -0.4 is 5.56 Å². The molecule has 0 saturated carbocycles. The van der Waals surface area contributed by atoms with E-state index in [1.165, 1.54) is 0 Å². The fourth-order valence-corrected chi connectivity index (χ4v) is 3.44. The average molecular weight is 307 g/mol. The molecule has 0 unspecified atom stereocenters. The van der Waals surface area contributed by atoms with Crippen molar-refractivity contribution in [3.05, 3.63) is 70.0 Å². The van der Waals surface area contributed by atoms with Crippen LogP contribution in [0.4, 0.5) is 0 Å². The zero-order valence-corrected chi connectivity index (χ0v) is 12.6. The monoisotopic (exact) mass is 307 g/mol. The molecule has 0 bridgehead atoms. The molecule has 0 spiro atoms. The molecule has 4 heteroatoms. The number of hydrogen-bond donors (Lipinski definition) is 1. The summed E-state index contributed by atoms with van der Waals surface area (Å²) in [4.78, 5) is 25.6. The third-order valence-electron chi connectivity index (χ3n) is 4.16. The van der Waals surface area contributed by atoms with Crippen LogP contribution in [0.3, 0.4) is 0 Å². The van der Waals surface area contributed by atoms with Crippen molar-refractivity contribution in [2.24, 2.45) is 0 Å². The number of thiol groups is 1. The molecule has 0 atom stereocenters. The summed E-state index contributed by atoms with van der Waals surface area (Å²) in [7, 11) is 0. The Morgan fingerprint density at radius 3 is 2.23 bits per heavy atom. The minimum atomic E-state index is -0.0621. The number of nitrogens with zero attached hydrogens (tertiary/aromatic N) is 1. The molecular formula is C18H13NO2S. The number of fused-ring (bicyclic) bond motifs is 5. The third-order valence-corrected chi connectivity index (χ3v) is 4.36. The molecule has 22 heavy (non-hydrogen) atoms. The topological polar surface area (TPSA) is 39.1 Å². The van der Waals surface area contributed by atoms with Crippen molar-refractivity contribution in [2.75, 3.05) is 5.75 Å². The second-order valence-electron chi connectivity index (χ2n) is 5.32. The second-order valence-corrected chi connectivity index (χ2v) is 5.77. The van der Waals surface area contributed by atoms with Crippen LogP contribution in [-0.2, 0) is 6.54 Å². The quantitative estimate of drug-likeness (QED) is 0.578. The molecule has 1 aliphatic rings. The van der Waals surface area contributed by atoms with Gasteiger partial charge in [-0.05, 0) is 6.07 Å². The van der Waals surface area contributed by atoms with Crippen LogP contribution in [0.15, 0.2) is 53.3 Å². The van der Waals surface area contributed by atoms with Crippen molar-refractivity contribution >= 4 is 29.2 Å². The molecule has 3 nitrogen and oxygen atoms in total. The first kappa shape index (κ1) is 13.3. The first-order valence-corrected chi connectivity index (χ1v) is 7.78. The number of benzene rings is 2. The van der Waals surface area contributed by atoms with Gasteiger partial charge in [-0.1, -0.05) is 42.5 Å². The summed E-state index contributed by atoms with van der Waals surface area (Å²) in [5, 5.41) is 1.32. The van der Waals surface area contributed by atoms with E-state index in [1.807, 2.05) is 42.5 Å². The molecule has 4 rings (SSSR count). The highest BCUT2D eigenvalue weighted by Crippen LogP contribution is 2.38. The summed E-state index contributed by atoms with van der Waals surface area (Å²) >= 11 is 4.26. The highest BCUT2D eigenvalue weighted by molar-refractivity contribution is 7.80. The fourth-order valence-electron chi connectivity index (χ4n) is 3.24. The predicted octanol–water partition coefficient (Wildman–Crippen LogP) is 3.14. The Balaban J connectivity index is 2.24. The molecular weight excluding hydrogens is 294 g/mol. The lowest BCUT2D eigenvalue weighted by Crippen LogP contribution is -2.24. The Bertz CT molecular complexity index is 988. The van der Waals surface area contributed by atoms with E-state index in [-0.39, 0.29) is 11.3 Å². The lowest BCUT2D eigenvalue weighted by molar-refractivity contribution is 0.104. The molecule has 1 heterocycles. The molecule has 108 valence electrons. The van der Waals surface area contributed by atoms with Gasteiger partial charge in [-0.3, -0.25) is 9.59 Å². The molecule has 0 radical (unpaired) electrons. The van der Waals surface area contributed by atoms with E-state index in [0.717, 1.165) is 16.6 Å². The maximum Gasteiger partial charge on any atom is 0.258 e. The minimum Gasteiger partial charge on any atom is -0.306 e. The van der Waals surface area contributed by atoms with Gasteiger partial charge < -0.3 is 4.57 Å². The maximum absolute atomic E-state index is 12.8. The number of ketones is 1. The van der Waals surface area contributed by atoms with Crippen LogP contribution in [0.2, 0.25) is 0 Å². The molecule has 0 aliphatic heterocycles. The summed E-state index contributed by atoms with van der Waals surface area (Å²) in [5.74, 6) is 0.538. The second kappa shape index (κ2) is 4.85. The molecule has 0 N–H and O–H groups in total. The summed E-state index contributed by atoms with van der Waals surface area (Å²) in [6.45, 7) is 0.483. The van der Waals surface area contributed by atoms with Gasteiger partial charge in [0.05, 0.1) is 11.3 Å². The highest BCUT2D eigenvalue weighted by atomic mass is 32.1. The van der Waals surface area contributed by atoms with Crippen LogP contribution in [0.5, 0.6) is 0 Å². The number of pyridine rings is 1. The Morgan fingerprint density at radius 2 is 1.50 bits per heavy atom. The van der Waals surface area contributed by atoms with Gasteiger partial charge in [0.15, 0.2) is 5.78 Å².